The molecule has 2 rings (SSSR count). The van der Waals surface area contributed by atoms with E-state index in [1.165, 1.54) is 6.20 Å². The van der Waals surface area contributed by atoms with Gasteiger partial charge >= 0.3 is 0 Å². The van der Waals surface area contributed by atoms with Crippen LogP contribution < -0.4 is 10.6 Å². The Balaban J connectivity index is 2.08. The molecule has 1 aromatic heterocycles. The van der Waals surface area contributed by atoms with Crippen LogP contribution in [0.25, 0.3) is 0 Å². The number of aromatic nitrogens is 1. The lowest BCUT2D eigenvalue weighted by atomic mass is 10.2. The molecule has 2 N–H and O–H groups in total. The lowest BCUT2D eigenvalue weighted by Crippen LogP contribution is -2.13. The summed E-state index contributed by atoms with van der Waals surface area (Å²) in [7, 11) is 0. The molecule has 0 aliphatic heterocycles. The Labute approximate surface area is 129 Å². The van der Waals surface area contributed by atoms with Crippen LogP contribution in [0, 0.1) is 6.92 Å². The molecule has 0 saturated heterocycles. The molecule has 0 fully saturated rings. The number of rotatable bonds is 5. The lowest BCUT2D eigenvalue weighted by molar-refractivity contribution is 0.102. The molecular formula is C16H18ClN3O. The van der Waals surface area contributed by atoms with Crippen LogP contribution in [-0.4, -0.2) is 17.4 Å². The number of nitrogens with zero attached hydrogens (tertiary/aromatic N) is 1. The fourth-order valence-electron chi connectivity index (χ4n) is 1.78. The minimum atomic E-state index is -0.227. The number of anilines is 2. The molecular weight excluding hydrogens is 286 g/mol. The van der Waals surface area contributed by atoms with Crippen LogP contribution in [0.2, 0.25) is 5.02 Å². The van der Waals surface area contributed by atoms with Crippen molar-refractivity contribution in [2.45, 2.75) is 20.3 Å². The van der Waals surface area contributed by atoms with Crippen molar-refractivity contribution >= 4 is 29.0 Å². The van der Waals surface area contributed by atoms with Crippen molar-refractivity contribution < 1.29 is 4.79 Å². The van der Waals surface area contributed by atoms with Gasteiger partial charge in [0.1, 0.15) is 5.82 Å². The van der Waals surface area contributed by atoms with Gasteiger partial charge in [0.15, 0.2) is 0 Å². The summed E-state index contributed by atoms with van der Waals surface area (Å²) in [6, 6.07) is 9.23. The summed E-state index contributed by atoms with van der Waals surface area (Å²) in [5.74, 6) is 0.376. The van der Waals surface area contributed by atoms with E-state index in [2.05, 4.69) is 22.5 Å². The summed E-state index contributed by atoms with van der Waals surface area (Å²) < 4.78 is 0. The molecule has 5 heteroatoms. The number of hydrogen-bond donors (Lipinski definition) is 2. The Morgan fingerprint density at radius 1 is 1.29 bits per heavy atom. The number of benzene rings is 1. The van der Waals surface area contributed by atoms with Crippen molar-refractivity contribution in [1.82, 2.24) is 4.98 Å². The summed E-state index contributed by atoms with van der Waals surface area (Å²) in [5.41, 5.74) is 2.32. The van der Waals surface area contributed by atoms with E-state index in [0.29, 0.717) is 16.4 Å². The van der Waals surface area contributed by atoms with E-state index < -0.39 is 0 Å². The first-order valence-corrected chi connectivity index (χ1v) is 7.25. The zero-order valence-corrected chi connectivity index (χ0v) is 12.9. The normalized spacial score (nSPS) is 10.2. The zero-order chi connectivity index (χ0) is 15.2. The maximum Gasteiger partial charge on any atom is 0.257 e. The van der Waals surface area contributed by atoms with Crippen LogP contribution in [0.4, 0.5) is 11.5 Å². The minimum absolute atomic E-state index is 0.227. The van der Waals surface area contributed by atoms with Gasteiger partial charge in [0.25, 0.3) is 5.91 Å². The number of pyridine rings is 1. The van der Waals surface area contributed by atoms with E-state index in [-0.39, 0.29) is 5.91 Å². The minimum Gasteiger partial charge on any atom is -0.369 e. The predicted molar refractivity (Wildman–Crippen MR) is 87.2 cm³/mol. The van der Waals surface area contributed by atoms with Crippen molar-refractivity contribution in [2.75, 3.05) is 17.2 Å². The molecule has 0 aliphatic rings. The standard InChI is InChI=1S/C16H18ClN3O/c1-3-8-18-15-14(17)9-12(10-19-15)16(21)20-13-6-4-11(2)5-7-13/h4-7,9-10H,3,8H2,1-2H3,(H,18,19)(H,20,21). The molecule has 0 atom stereocenters. The number of aryl methyl sites for hydroxylation is 1. The molecule has 1 aromatic carbocycles. The number of halogens is 1. The summed E-state index contributed by atoms with van der Waals surface area (Å²) in [5, 5.41) is 6.37. The number of carbonyl (C=O) groups is 1. The van der Waals surface area contributed by atoms with Crippen molar-refractivity contribution in [1.29, 1.82) is 0 Å². The number of nitrogens with one attached hydrogen (secondary N) is 2. The van der Waals surface area contributed by atoms with Crippen molar-refractivity contribution in [2.24, 2.45) is 0 Å². The second kappa shape index (κ2) is 7.09. The van der Waals surface area contributed by atoms with Crippen LogP contribution >= 0.6 is 11.6 Å². The van der Waals surface area contributed by atoms with Gasteiger partial charge in [-0.2, -0.15) is 0 Å². The molecule has 0 spiro atoms. The topological polar surface area (TPSA) is 54.0 Å². The fraction of sp³-hybridized carbons (Fsp3) is 0.250. The van der Waals surface area contributed by atoms with Gasteiger partial charge in [-0.1, -0.05) is 36.2 Å². The molecule has 0 aliphatic carbocycles. The molecule has 0 unspecified atom stereocenters. The van der Waals surface area contributed by atoms with Crippen LogP contribution in [0.1, 0.15) is 29.3 Å². The van der Waals surface area contributed by atoms with E-state index in [1.54, 1.807) is 6.07 Å². The average molecular weight is 304 g/mol. The van der Waals surface area contributed by atoms with Gasteiger partial charge in [0, 0.05) is 18.4 Å². The summed E-state index contributed by atoms with van der Waals surface area (Å²) >= 11 is 6.13. The first-order chi connectivity index (χ1) is 10.1. The highest BCUT2D eigenvalue weighted by Crippen LogP contribution is 2.20. The third-order valence-corrected chi connectivity index (χ3v) is 3.24. The Bertz CT molecular complexity index is 626. The molecule has 0 saturated carbocycles. The largest absolute Gasteiger partial charge is 0.369 e. The van der Waals surface area contributed by atoms with Gasteiger partial charge in [0.05, 0.1) is 10.6 Å². The van der Waals surface area contributed by atoms with Gasteiger partial charge in [0.2, 0.25) is 0 Å². The summed E-state index contributed by atoms with van der Waals surface area (Å²) in [4.78, 5) is 16.3. The van der Waals surface area contributed by atoms with E-state index in [1.807, 2.05) is 31.2 Å². The number of amides is 1. The van der Waals surface area contributed by atoms with E-state index in [9.17, 15) is 4.79 Å². The Morgan fingerprint density at radius 2 is 2.00 bits per heavy atom. The molecule has 1 heterocycles. The van der Waals surface area contributed by atoms with Crippen LogP contribution in [0.15, 0.2) is 36.5 Å². The second-order valence-corrected chi connectivity index (χ2v) is 5.21. The quantitative estimate of drug-likeness (QED) is 0.873. The predicted octanol–water partition coefficient (Wildman–Crippen LogP) is 4.12. The van der Waals surface area contributed by atoms with Gasteiger partial charge in [-0.3, -0.25) is 4.79 Å². The maximum atomic E-state index is 12.1. The molecule has 1 amide bonds. The third kappa shape index (κ3) is 4.20. The SMILES string of the molecule is CCCNc1ncc(C(=O)Nc2ccc(C)cc2)cc1Cl. The maximum absolute atomic E-state index is 12.1. The number of carbonyl (C=O) groups excluding carboxylic acids is 1. The highest BCUT2D eigenvalue weighted by molar-refractivity contribution is 6.33. The third-order valence-electron chi connectivity index (χ3n) is 2.96. The van der Waals surface area contributed by atoms with Crippen molar-refractivity contribution in [3.63, 3.8) is 0 Å². The van der Waals surface area contributed by atoms with Crippen LogP contribution in [0.5, 0.6) is 0 Å². The Morgan fingerprint density at radius 3 is 2.62 bits per heavy atom. The first-order valence-electron chi connectivity index (χ1n) is 6.87. The van der Waals surface area contributed by atoms with Gasteiger partial charge in [-0.05, 0) is 31.5 Å². The highest BCUT2D eigenvalue weighted by Gasteiger charge is 2.10. The Kier molecular flexibility index (Phi) is 5.17. The fourth-order valence-corrected chi connectivity index (χ4v) is 2.01. The smallest absolute Gasteiger partial charge is 0.257 e. The molecule has 21 heavy (non-hydrogen) atoms. The number of hydrogen-bond acceptors (Lipinski definition) is 3. The molecule has 0 bridgehead atoms. The molecule has 2 aromatic rings. The molecule has 110 valence electrons. The average Bonchev–Trinajstić information content (AvgIpc) is 2.48. The Hall–Kier alpha value is -2.07. The van der Waals surface area contributed by atoms with Crippen LogP contribution in [0.3, 0.4) is 0 Å². The zero-order valence-electron chi connectivity index (χ0n) is 12.1. The molecule has 0 radical (unpaired) electrons. The van der Waals surface area contributed by atoms with Gasteiger partial charge in [-0.15, -0.1) is 0 Å². The first kappa shape index (κ1) is 15.3. The summed E-state index contributed by atoms with van der Waals surface area (Å²) in [6.07, 6.45) is 2.50. The second-order valence-electron chi connectivity index (χ2n) is 4.80. The van der Waals surface area contributed by atoms with E-state index >= 15 is 0 Å². The van der Waals surface area contributed by atoms with E-state index in [4.69, 9.17) is 11.6 Å². The van der Waals surface area contributed by atoms with Crippen LogP contribution in [-0.2, 0) is 0 Å². The van der Waals surface area contributed by atoms with E-state index in [0.717, 1.165) is 24.2 Å². The van der Waals surface area contributed by atoms with Gasteiger partial charge in [-0.25, -0.2) is 4.98 Å². The van der Waals surface area contributed by atoms with Crippen molar-refractivity contribution in [3.05, 3.63) is 52.7 Å². The lowest BCUT2D eigenvalue weighted by Gasteiger charge is -2.09. The van der Waals surface area contributed by atoms with Crippen molar-refractivity contribution in [3.8, 4) is 0 Å². The summed E-state index contributed by atoms with van der Waals surface area (Å²) in [6.45, 7) is 4.85. The highest BCUT2D eigenvalue weighted by atomic mass is 35.5. The molecule has 4 nitrogen and oxygen atoms in total. The van der Waals surface area contributed by atoms with Gasteiger partial charge < -0.3 is 10.6 Å². The monoisotopic (exact) mass is 303 g/mol.